The fourth-order valence-corrected chi connectivity index (χ4v) is 3.88. The summed E-state index contributed by atoms with van der Waals surface area (Å²) in [4.78, 5) is 2.52. The molecule has 0 aromatic heterocycles. The maximum atomic E-state index is 10.4. The molecule has 2 fully saturated rings. The van der Waals surface area contributed by atoms with Crippen LogP contribution in [0.3, 0.4) is 0 Å². The predicted octanol–water partition coefficient (Wildman–Crippen LogP) is 2.53. The van der Waals surface area contributed by atoms with Gasteiger partial charge >= 0.3 is 0 Å². The third kappa shape index (κ3) is 3.59. The Morgan fingerprint density at radius 3 is 2.67 bits per heavy atom. The number of ether oxygens (including phenoxy) is 1. The molecular formula is C16H23BrN2O2. The van der Waals surface area contributed by atoms with E-state index in [0.717, 1.165) is 62.3 Å². The third-order valence-corrected chi connectivity index (χ3v) is 5.06. The van der Waals surface area contributed by atoms with E-state index in [1.54, 1.807) is 6.07 Å². The van der Waals surface area contributed by atoms with Crippen molar-refractivity contribution in [3.8, 4) is 5.75 Å². The van der Waals surface area contributed by atoms with Gasteiger partial charge in [0.05, 0.1) is 0 Å². The Balaban J connectivity index is 1.91. The zero-order valence-corrected chi connectivity index (χ0v) is 13.8. The zero-order valence-electron chi connectivity index (χ0n) is 12.2. The van der Waals surface area contributed by atoms with Crippen LogP contribution < -0.4 is 5.32 Å². The van der Waals surface area contributed by atoms with Crippen LogP contribution in [0.1, 0.15) is 24.4 Å². The average molecular weight is 355 g/mol. The molecule has 0 radical (unpaired) electrons. The van der Waals surface area contributed by atoms with Crippen LogP contribution in [0, 0.1) is 5.92 Å². The van der Waals surface area contributed by atoms with Crippen molar-refractivity contribution in [2.45, 2.75) is 18.9 Å². The molecule has 1 aromatic carbocycles. The van der Waals surface area contributed by atoms with Crippen molar-refractivity contribution in [3.05, 3.63) is 28.2 Å². The van der Waals surface area contributed by atoms with Gasteiger partial charge in [0.15, 0.2) is 0 Å². The Morgan fingerprint density at radius 2 is 1.95 bits per heavy atom. The Labute approximate surface area is 134 Å². The van der Waals surface area contributed by atoms with Gasteiger partial charge in [0, 0.05) is 55.5 Å². The summed E-state index contributed by atoms with van der Waals surface area (Å²) in [7, 11) is 0. The van der Waals surface area contributed by atoms with Crippen molar-refractivity contribution < 1.29 is 9.84 Å². The second-order valence-corrected chi connectivity index (χ2v) is 6.80. The summed E-state index contributed by atoms with van der Waals surface area (Å²) >= 11 is 3.55. The van der Waals surface area contributed by atoms with E-state index in [-0.39, 0.29) is 6.04 Å². The number of aromatic hydroxyl groups is 1. The van der Waals surface area contributed by atoms with E-state index in [1.165, 1.54) is 0 Å². The molecule has 5 heteroatoms. The van der Waals surface area contributed by atoms with Gasteiger partial charge in [0.25, 0.3) is 0 Å². The molecule has 2 N–H and O–H groups in total. The Bertz CT molecular complexity index is 453. The Morgan fingerprint density at radius 1 is 1.24 bits per heavy atom. The van der Waals surface area contributed by atoms with Gasteiger partial charge in [-0.2, -0.15) is 0 Å². The summed E-state index contributed by atoms with van der Waals surface area (Å²) in [5, 5.41) is 13.8. The van der Waals surface area contributed by atoms with Gasteiger partial charge in [-0.05, 0) is 37.0 Å². The van der Waals surface area contributed by atoms with E-state index in [1.807, 2.05) is 6.07 Å². The molecule has 2 aliphatic rings. The number of nitrogens with zero attached hydrogens (tertiary/aromatic N) is 1. The van der Waals surface area contributed by atoms with Gasteiger partial charge in [-0.1, -0.05) is 15.9 Å². The first-order valence-electron chi connectivity index (χ1n) is 7.76. The van der Waals surface area contributed by atoms with E-state index < -0.39 is 0 Å². The molecule has 21 heavy (non-hydrogen) atoms. The highest BCUT2D eigenvalue weighted by Gasteiger charge is 2.32. The van der Waals surface area contributed by atoms with Crippen molar-refractivity contribution in [3.63, 3.8) is 0 Å². The minimum Gasteiger partial charge on any atom is -0.508 e. The van der Waals surface area contributed by atoms with Gasteiger partial charge in [-0.25, -0.2) is 0 Å². The molecule has 3 rings (SSSR count). The summed E-state index contributed by atoms with van der Waals surface area (Å²) in [5.74, 6) is 0.963. The summed E-state index contributed by atoms with van der Waals surface area (Å²) < 4.78 is 6.55. The summed E-state index contributed by atoms with van der Waals surface area (Å²) in [6.45, 7) is 5.79. The number of nitrogens with one attached hydrogen (secondary N) is 1. The van der Waals surface area contributed by atoms with Gasteiger partial charge in [-0.3, -0.25) is 4.90 Å². The van der Waals surface area contributed by atoms with E-state index >= 15 is 0 Å². The highest BCUT2D eigenvalue weighted by atomic mass is 79.9. The van der Waals surface area contributed by atoms with Crippen molar-refractivity contribution in [2.75, 3.05) is 39.4 Å². The molecule has 0 bridgehead atoms. The monoisotopic (exact) mass is 354 g/mol. The quantitative estimate of drug-likeness (QED) is 0.875. The molecule has 0 amide bonds. The van der Waals surface area contributed by atoms with Gasteiger partial charge in [0.2, 0.25) is 0 Å². The molecule has 0 aliphatic carbocycles. The van der Waals surface area contributed by atoms with E-state index in [9.17, 15) is 5.11 Å². The third-order valence-electron chi connectivity index (χ3n) is 4.57. The molecule has 0 unspecified atom stereocenters. The first-order valence-corrected chi connectivity index (χ1v) is 8.56. The van der Waals surface area contributed by atoms with Crippen LogP contribution in [-0.4, -0.2) is 49.4 Å². The number of phenolic OH excluding ortho intramolecular Hbond substituents is 1. The van der Waals surface area contributed by atoms with Crippen LogP contribution in [0.4, 0.5) is 0 Å². The maximum Gasteiger partial charge on any atom is 0.120 e. The lowest BCUT2D eigenvalue weighted by Gasteiger charge is -2.41. The molecule has 4 nitrogen and oxygen atoms in total. The second kappa shape index (κ2) is 7.09. The number of hydrogen-bond acceptors (Lipinski definition) is 4. The van der Waals surface area contributed by atoms with Crippen LogP contribution in [0.5, 0.6) is 5.75 Å². The van der Waals surface area contributed by atoms with Crippen molar-refractivity contribution in [1.29, 1.82) is 0 Å². The summed E-state index contributed by atoms with van der Waals surface area (Å²) in [6, 6.07) is 6.07. The fraction of sp³-hybridized carbons (Fsp3) is 0.625. The Hall–Kier alpha value is -0.620. The molecule has 0 spiro atoms. The average Bonchev–Trinajstić information content (AvgIpc) is 2.53. The van der Waals surface area contributed by atoms with Gasteiger partial charge < -0.3 is 15.2 Å². The molecule has 0 saturated carbocycles. The molecule has 2 heterocycles. The lowest BCUT2D eigenvalue weighted by atomic mass is 9.85. The lowest BCUT2D eigenvalue weighted by molar-refractivity contribution is 0.0206. The summed E-state index contributed by atoms with van der Waals surface area (Å²) in [6.07, 6.45) is 2.14. The molecule has 2 aliphatic heterocycles. The molecular weight excluding hydrogens is 332 g/mol. The van der Waals surface area contributed by atoms with Crippen LogP contribution >= 0.6 is 15.9 Å². The topological polar surface area (TPSA) is 44.7 Å². The van der Waals surface area contributed by atoms with Crippen LogP contribution in [0.15, 0.2) is 22.7 Å². The number of benzene rings is 1. The highest BCUT2D eigenvalue weighted by molar-refractivity contribution is 9.10. The lowest BCUT2D eigenvalue weighted by Crippen LogP contribution is -2.47. The van der Waals surface area contributed by atoms with E-state index in [4.69, 9.17) is 4.74 Å². The zero-order chi connectivity index (χ0) is 14.7. The smallest absolute Gasteiger partial charge is 0.120 e. The van der Waals surface area contributed by atoms with Crippen LogP contribution in [0.2, 0.25) is 0 Å². The van der Waals surface area contributed by atoms with Gasteiger partial charge in [-0.15, -0.1) is 0 Å². The van der Waals surface area contributed by atoms with Crippen molar-refractivity contribution in [1.82, 2.24) is 10.2 Å². The number of piperazine rings is 1. The molecule has 1 aromatic rings. The van der Waals surface area contributed by atoms with Crippen LogP contribution in [-0.2, 0) is 4.74 Å². The summed E-state index contributed by atoms with van der Waals surface area (Å²) in [5.41, 5.74) is 1.05. The van der Waals surface area contributed by atoms with E-state index in [0.29, 0.717) is 11.7 Å². The predicted molar refractivity (Wildman–Crippen MR) is 86.5 cm³/mol. The first-order chi connectivity index (χ1) is 10.3. The number of phenols is 1. The van der Waals surface area contributed by atoms with Crippen LogP contribution in [0.25, 0.3) is 0 Å². The van der Waals surface area contributed by atoms with E-state index in [2.05, 4.69) is 32.2 Å². The van der Waals surface area contributed by atoms with Gasteiger partial charge in [0.1, 0.15) is 5.75 Å². The standard InChI is InChI=1S/C16H23BrN2O2/c17-13-1-2-15(20)14(11-13)16(12-3-9-21-10-4-12)19-7-5-18-6-8-19/h1-2,11-12,16,18,20H,3-10H2/t16-/m1/s1. The SMILES string of the molecule is Oc1ccc(Br)cc1[C@@H](C1CCOCC1)N1CCNCC1. The first kappa shape index (κ1) is 15.3. The molecule has 116 valence electrons. The minimum absolute atomic E-state index is 0.286. The number of halogens is 1. The van der Waals surface area contributed by atoms with Crippen molar-refractivity contribution >= 4 is 15.9 Å². The maximum absolute atomic E-state index is 10.4. The number of hydrogen-bond donors (Lipinski definition) is 2. The number of rotatable bonds is 3. The Kier molecular flexibility index (Phi) is 5.16. The van der Waals surface area contributed by atoms with Crippen molar-refractivity contribution in [2.24, 2.45) is 5.92 Å². The molecule has 1 atom stereocenters. The molecule has 2 saturated heterocycles. The minimum atomic E-state index is 0.286. The fourth-order valence-electron chi connectivity index (χ4n) is 3.50. The highest BCUT2D eigenvalue weighted by Crippen LogP contribution is 2.40. The largest absolute Gasteiger partial charge is 0.508 e. The second-order valence-electron chi connectivity index (χ2n) is 5.88. The normalized spacial score (nSPS) is 23.1.